The first-order valence-electron chi connectivity index (χ1n) is 10.1. The lowest BCUT2D eigenvalue weighted by Crippen LogP contribution is -2.30. The van der Waals surface area contributed by atoms with Crippen LogP contribution in [0.25, 0.3) is 0 Å². The van der Waals surface area contributed by atoms with Crippen molar-refractivity contribution in [2.24, 2.45) is 0 Å². The highest BCUT2D eigenvalue weighted by Gasteiger charge is 2.35. The molecule has 0 unspecified atom stereocenters. The lowest BCUT2D eigenvalue weighted by atomic mass is 9.65. The van der Waals surface area contributed by atoms with Crippen molar-refractivity contribution < 1.29 is 14.6 Å². The van der Waals surface area contributed by atoms with Gasteiger partial charge in [0.25, 0.3) is 0 Å². The Hall–Kier alpha value is -3.14. The minimum absolute atomic E-state index is 0.0607. The molecule has 29 heavy (non-hydrogen) atoms. The van der Waals surface area contributed by atoms with Crippen molar-refractivity contribution in [3.05, 3.63) is 95.3 Å². The summed E-state index contributed by atoms with van der Waals surface area (Å²) in [6.45, 7) is 0.446. The number of hydrogen-bond donors (Lipinski definition) is 1. The van der Waals surface area contributed by atoms with Crippen LogP contribution in [0.2, 0.25) is 0 Å². The third-order valence-corrected chi connectivity index (χ3v) is 5.91. The molecule has 0 saturated heterocycles. The van der Waals surface area contributed by atoms with E-state index in [9.17, 15) is 9.90 Å². The van der Waals surface area contributed by atoms with Crippen molar-refractivity contribution in [2.75, 3.05) is 0 Å². The first-order chi connectivity index (χ1) is 14.2. The molecule has 1 saturated carbocycles. The summed E-state index contributed by atoms with van der Waals surface area (Å²) >= 11 is 0. The van der Waals surface area contributed by atoms with Gasteiger partial charge in [0.1, 0.15) is 12.4 Å². The summed E-state index contributed by atoms with van der Waals surface area (Å²) in [5.41, 5.74) is 3.64. The zero-order valence-corrected chi connectivity index (χ0v) is 16.4. The average molecular weight is 387 g/mol. The Morgan fingerprint density at radius 1 is 0.897 bits per heavy atom. The Morgan fingerprint density at radius 3 is 2.14 bits per heavy atom. The second-order valence-corrected chi connectivity index (χ2v) is 7.66. The van der Waals surface area contributed by atoms with Gasteiger partial charge in [0, 0.05) is 11.6 Å². The predicted octanol–water partition coefficient (Wildman–Crippen LogP) is 5.61. The summed E-state index contributed by atoms with van der Waals surface area (Å²) in [5, 5.41) is 9.21. The van der Waals surface area contributed by atoms with Gasteiger partial charge in [0.2, 0.25) is 0 Å². The normalized spacial score (nSPS) is 15.6. The minimum atomic E-state index is -0.886. The quantitative estimate of drug-likeness (QED) is 0.597. The van der Waals surface area contributed by atoms with Crippen LogP contribution >= 0.6 is 0 Å². The summed E-state index contributed by atoms with van der Waals surface area (Å²) in [5.74, 6) is -0.0600. The van der Waals surface area contributed by atoms with Crippen LogP contribution in [0.5, 0.6) is 5.75 Å². The number of carboxylic acids is 1. The highest BCUT2D eigenvalue weighted by atomic mass is 16.5. The fraction of sp³-hybridized carbons (Fsp3) is 0.280. The van der Waals surface area contributed by atoms with Crippen molar-refractivity contribution in [1.29, 1.82) is 0 Å². The second kappa shape index (κ2) is 8.48. The van der Waals surface area contributed by atoms with Crippen LogP contribution < -0.4 is 4.74 Å². The number of aromatic carboxylic acids is 1. The number of hydrogen-bond acceptors (Lipinski definition) is 3. The van der Waals surface area contributed by atoms with Gasteiger partial charge >= 0.3 is 5.97 Å². The Morgan fingerprint density at radius 2 is 1.55 bits per heavy atom. The topological polar surface area (TPSA) is 59.4 Å². The van der Waals surface area contributed by atoms with Crippen molar-refractivity contribution >= 4 is 5.97 Å². The summed E-state index contributed by atoms with van der Waals surface area (Å²) in [6.07, 6.45) is 7.53. The molecule has 3 aromatic rings. The number of benzene rings is 2. The van der Waals surface area contributed by atoms with E-state index in [0.717, 1.165) is 24.3 Å². The van der Waals surface area contributed by atoms with E-state index >= 15 is 0 Å². The van der Waals surface area contributed by atoms with E-state index < -0.39 is 5.97 Å². The molecule has 1 aliphatic rings. The lowest BCUT2D eigenvalue weighted by Gasteiger charge is -2.38. The van der Waals surface area contributed by atoms with Crippen molar-refractivity contribution in [3.63, 3.8) is 0 Å². The van der Waals surface area contributed by atoms with Crippen LogP contribution in [0.15, 0.2) is 72.9 Å². The molecule has 1 aromatic heterocycles. The Labute approximate surface area is 171 Å². The predicted molar refractivity (Wildman–Crippen MR) is 112 cm³/mol. The molecule has 4 heteroatoms. The van der Waals surface area contributed by atoms with Gasteiger partial charge in [0.05, 0.1) is 11.3 Å². The molecule has 4 rings (SSSR count). The SMILES string of the molecule is O=C(O)c1ccc(C2(c3ccc(OCc4ccccn4)cc3)CCCCC2)cc1. The molecular weight excluding hydrogens is 362 g/mol. The Kier molecular flexibility index (Phi) is 5.61. The molecule has 1 fully saturated rings. The fourth-order valence-electron chi connectivity index (χ4n) is 4.34. The molecule has 2 aromatic carbocycles. The van der Waals surface area contributed by atoms with E-state index in [1.165, 1.54) is 30.4 Å². The number of rotatable bonds is 6. The monoisotopic (exact) mass is 387 g/mol. The minimum Gasteiger partial charge on any atom is -0.487 e. The van der Waals surface area contributed by atoms with E-state index in [2.05, 4.69) is 17.1 Å². The Bertz CT molecular complexity index is 944. The first kappa shape index (κ1) is 19.2. The van der Waals surface area contributed by atoms with Gasteiger partial charge in [-0.15, -0.1) is 0 Å². The van der Waals surface area contributed by atoms with Crippen LogP contribution in [0.4, 0.5) is 0 Å². The van der Waals surface area contributed by atoms with E-state index in [-0.39, 0.29) is 5.41 Å². The van der Waals surface area contributed by atoms with Crippen LogP contribution in [-0.4, -0.2) is 16.1 Å². The zero-order chi connectivity index (χ0) is 20.1. The molecule has 1 N–H and O–H groups in total. The van der Waals surface area contributed by atoms with Crippen LogP contribution in [-0.2, 0) is 12.0 Å². The third kappa shape index (κ3) is 4.16. The number of nitrogens with zero attached hydrogens (tertiary/aromatic N) is 1. The second-order valence-electron chi connectivity index (χ2n) is 7.66. The van der Waals surface area contributed by atoms with E-state index in [0.29, 0.717) is 12.2 Å². The van der Waals surface area contributed by atoms with Gasteiger partial charge in [-0.3, -0.25) is 4.98 Å². The fourth-order valence-corrected chi connectivity index (χ4v) is 4.34. The zero-order valence-electron chi connectivity index (χ0n) is 16.4. The standard InChI is InChI=1S/C25H25NO3/c27-24(28)19-7-9-20(10-8-19)25(15-3-1-4-16-25)21-11-13-23(14-12-21)29-18-22-6-2-5-17-26-22/h2,5-14,17H,1,3-4,15-16,18H2,(H,27,28). The summed E-state index contributed by atoms with van der Waals surface area (Å²) in [4.78, 5) is 15.5. The van der Waals surface area contributed by atoms with E-state index in [1.54, 1.807) is 18.3 Å². The highest BCUT2D eigenvalue weighted by Crippen LogP contribution is 2.45. The molecule has 1 aliphatic carbocycles. The van der Waals surface area contributed by atoms with Gasteiger partial charge in [-0.1, -0.05) is 49.6 Å². The molecule has 0 bridgehead atoms. The maximum atomic E-state index is 11.2. The van der Waals surface area contributed by atoms with E-state index in [1.807, 2.05) is 42.5 Å². The molecule has 0 atom stereocenters. The van der Waals surface area contributed by atoms with Crippen molar-refractivity contribution in [2.45, 2.75) is 44.1 Å². The first-order valence-corrected chi connectivity index (χ1v) is 10.1. The van der Waals surface area contributed by atoms with Crippen LogP contribution in [0, 0.1) is 0 Å². The number of aromatic nitrogens is 1. The maximum absolute atomic E-state index is 11.2. The molecule has 0 amide bonds. The molecule has 148 valence electrons. The summed E-state index contributed by atoms with van der Waals surface area (Å²) in [7, 11) is 0. The molecule has 1 heterocycles. The third-order valence-electron chi connectivity index (χ3n) is 5.91. The smallest absolute Gasteiger partial charge is 0.335 e. The van der Waals surface area contributed by atoms with Crippen molar-refractivity contribution in [3.8, 4) is 5.75 Å². The largest absolute Gasteiger partial charge is 0.487 e. The average Bonchev–Trinajstić information content (AvgIpc) is 2.79. The van der Waals surface area contributed by atoms with Gasteiger partial charge in [-0.25, -0.2) is 4.79 Å². The van der Waals surface area contributed by atoms with Gasteiger partial charge in [0.15, 0.2) is 0 Å². The molecule has 0 spiro atoms. The van der Waals surface area contributed by atoms with Crippen LogP contribution in [0.3, 0.4) is 0 Å². The highest BCUT2D eigenvalue weighted by molar-refractivity contribution is 5.87. The molecular formula is C25H25NO3. The van der Waals surface area contributed by atoms with Gasteiger partial charge < -0.3 is 9.84 Å². The lowest BCUT2D eigenvalue weighted by molar-refractivity contribution is 0.0697. The van der Waals surface area contributed by atoms with Crippen LogP contribution in [0.1, 0.15) is 59.3 Å². The number of carbonyl (C=O) groups is 1. The molecule has 4 nitrogen and oxygen atoms in total. The summed E-state index contributed by atoms with van der Waals surface area (Å²) in [6, 6.07) is 21.6. The number of ether oxygens (including phenoxy) is 1. The van der Waals surface area contributed by atoms with Gasteiger partial charge in [-0.2, -0.15) is 0 Å². The maximum Gasteiger partial charge on any atom is 0.335 e. The molecule has 0 aliphatic heterocycles. The van der Waals surface area contributed by atoms with Crippen molar-refractivity contribution in [1.82, 2.24) is 4.98 Å². The Balaban J connectivity index is 1.57. The summed E-state index contributed by atoms with van der Waals surface area (Å²) < 4.78 is 5.89. The van der Waals surface area contributed by atoms with E-state index in [4.69, 9.17) is 4.74 Å². The number of carboxylic acid groups (broad SMARTS) is 1. The van der Waals surface area contributed by atoms with Gasteiger partial charge in [-0.05, 0) is 60.4 Å². The molecule has 0 radical (unpaired) electrons. The number of pyridine rings is 1.